The Bertz CT molecular complexity index is 484. The van der Waals surface area contributed by atoms with Crippen LogP contribution < -0.4 is 0 Å². The van der Waals surface area contributed by atoms with Crippen molar-refractivity contribution in [2.75, 3.05) is 4.43 Å². The van der Waals surface area contributed by atoms with E-state index in [1.54, 1.807) is 13.8 Å². The maximum Gasteiger partial charge on any atom is 0.453 e. The SMILES string of the molecule is CCC(C)OC(=O)C(CCCCCI)(CCCC(F)(F)C(F)(F)F)C(=O)O. The smallest absolute Gasteiger partial charge is 0.453 e. The lowest BCUT2D eigenvalue weighted by atomic mass is 9.77. The van der Waals surface area contributed by atoms with E-state index in [-0.39, 0.29) is 6.42 Å². The first-order valence-electron chi connectivity index (χ1n) is 8.79. The van der Waals surface area contributed by atoms with Crippen molar-refractivity contribution in [3.05, 3.63) is 0 Å². The van der Waals surface area contributed by atoms with E-state index in [9.17, 15) is 36.6 Å². The molecule has 0 rings (SSSR count). The van der Waals surface area contributed by atoms with E-state index >= 15 is 0 Å². The molecule has 0 amide bonds. The Hall–Kier alpha value is -0.680. The monoisotopic (exact) mass is 516 g/mol. The summed E-state index contributed by atoms with van der Waals surface area (Å²) in [7, 11) is 0. The molecule has 1 N–H and O–H groups in total. The Morgan fingerprint density at radius 1 is 1.00 bits per heavy atom. The lowest BCUT2D eigenvalue weighted by Gasteiger charge is -2.29. The minimum atomic E-state index is -5.71. The second kappa shape index (κ2) is 11.4. The third-order valence-electron chi connectivity index (χ3n) is 4.43. The number of alkyl halides is 6. The normalized spacial score (nSPS) is 15.9. The molecule has 0 aliphatic carbocycles. The minimum absolute atomic E-state index is 0.161. The lowest BCUT2D eigenvalue weighted by molar-refractivity contribution is -0.284. The van der Waals surface area contributed by atoms with Gasteiger partial charge in [-0.15, -0.1) is 0 Å². The van der Waals surface area contributed by atoms with E-state index in [4.69, 9.17) is 4.74 Å². The number of carbonyl (C=O) groups excluding carboxylic acids is 1. The predicted molar refractivity (Wildman–Crippen MR) is 98.1 cm³/mol. The summed E-state index contributed by atoms with van der Waals surface area (Å²) in [6, 6.07) is 0. The van der Waals surface area contributed by atoms with Crippen molar-refractivity contribution in [1.82, 2.24) is 0 Å². The van der Waals surface area contributed by atoms with Crippen LogP contribution in [0.5, 0.6) is 0 Å². The van der Waals surface area contributed by atoms with Gasteiger partial charge in [-0.05, 0) is 43.5 Å². The van der Waals surface area contributed by atoms with E-state index in [0.29, 0.717) is 19.3 Å². The summed E-state index contributed by atoms with van der Waals surface area (Å²) in [4.78, 5) is 24.3. The average molecular weight is 516 g/mol. The topological polar surface area (TPSA) is 63.6 Å². The van der Waals surface area contributed by atoms with Gasteiger partial charge >= 0.3 is 24.0 Å². The fourth-order valence-electron chi connectivity index (χ4n) is 2.46. The molecule has 0 aromatic carbocycles. The van der Waals surface area contributed by atoms with Crippen LogP contribution in [0.25, 0.3) is 0 Å². The zero-order valence-electron chi connectivity index (χ0n) is 15.4. The number of aliphatic carboxylic acids is 1. The Morgan fingerprint density at radius 3 is 2.00 bits per heavy atom. The molecule has 0 aliphatic heterocycles. The van der Waals surface area contributed by atoms with Gasteiger partial charge in [0.15, 0.2) is 5.41 Å². The second-order valence-corrected chi connectivity index (χ2v) is 7.65. The third-order valence-corrected chi connectivity index (χ3v) is 5.19. The van der Waals surface area contributed by atoms with E-state index in [1.165, 1.54) is 0 Å². The lowest BCUT2D eigenvalue weighted by Crippen LogP contribution is -2.43. The Labute approximate surface area is 169 Å². The molecule has 0 aromatic rings. The molecule has 0 saturated carbocycles. The number of carboxylic acid groups (broad SMARTS) is 1. The van der Waals surface area contributed by atoms with Crippen molar-refractivity contribution in [1.29, 1.82) is 0 Å². The highest BCUT2D eigenvalue weighted by Crippen LogP contribution is 2.41. The van der Waals surface area contributed by atoms with E-state index in [2.05, 4.69) is 22.6 Å². The summed E-state index contributed by atoms with van der Waals surface area (Å²) < 4.78 is 69.2. The molecule has 10 heteroatoms. The van der Waals surface area contributed by atoms with Gasteiger partial charge in [-0.3, -0.25) is 9.59 Å². The molecule has 2 atom stereocenters. The maximum absolute atomic E-state index is 13.1. The molecule has 160 valence electrons. The molecule has 0 fully saturated rings. The molecular formula is C17H26F5IO4. The average Bonchev–Trinajstić information content (AvgIpc) is 2.55. The van der Waals surface area contributed by atoms with Crippen LogP contribution in [0.15, 0.2) is 0 Å². The molecule has 0 aliphatic rings. The fraction of sp³-hybridized carbons (Fsp3) is 0.882. The van der Waals surface area contributed by atoms with Crippen molar-refractivity contribution in [3.8, 4) is 0 Å². The summed E-state index contributed by atoms with van der Waals surface area (Å²) in [5.41, 5.74) is -2.11. The number of carbonyl (C=O) groups is 2. The molecule has 2 unspecified atom stereocenters. The van der Waals surface area contributed by atoms with Crippen molar-refractivity contribution in [2.45, 2.75) is 83.4 Å². The van der Waals surface area contributed by atoms with Crippen LogP contribution in [0, 0.1) is 5.41 Å². The molecule has 0 bridgehead atoms. The number of hydrogen-bond donors (Lipinski definition) is 1. The number of rotatable bonds is 13. The van der Waals surface area contributed by atoms with Gasteiger partial charge < -0.3 is 9.84 Å². The first kappa shape index (κ1) is 26.3. The fourth-order valence-corrected chi connectivity index (χ4v) is 3.00. The van der Waals surface area contributed by atoms with Gasteiger partial charge in [0, 0.05) is 6.42 Å². The van der Waals surface area contributed by atoms with Gasteiger partial charge in [-0.25, -0.2) is 0 Å². The Kier molecular flexibility index (Phi) is 11.1. The molecular weight excluding hydrogens is 490 g/mol. The molecule has 0 aromatic heterocycles. The molecule has 0 radical (unpaired) electrons. The van der Waals surface area contributed by atoms with Crippen LogP contribution in [0.4, 0.5) is 22.0 Å². The highest BCUT2D eigenvalue weighted by atomic mass is 127. The summed E-state index contributed by atoms with van der Waals surface area (Å²) in [6.07, 6.45) is -7.27. The van der Waals surface area contributed by atoms with Gasteiger partial charge in [-0.1, -0.05) is 42.4 Å². The molecule has 0 spiro atoms. The van der Waals surface area contributed by atoms with Crippen molar-refractivity contribution >= 4 is 34.5 Å². The van der Waals surface area contributed by atoms with Gasteiger partial charge in [0.05, 0.1) is 6.10 Å². The van der Waals surface area contributed by atoms with Crippen LogP contribution in [0.2, 0.25) is 0 Å². The third kappa shape index (κ3) is 8.06. The standard InChI is InChI=1S/C17H26F5IO4/c1-3-12(2)27-14(26)15(13(24)25,8-5-4-6-11-23)9-7-10-16(18,19)17(20,21)22/h12H,3-11H2,1-2H3,(H,24,25). The number of halogens is 6. The maximum atomic E-state index is 13.1. The van der Waals surface area contributed by atoms with Crippen molar-refractivity contribution in [3.63, 3.8) is 0 Å². The number of hydrogen-bond acceptors (Lipinski definition) is 3. The highest BCUT2D eigenvalue weighted by molar-refractivity contribution is 14.1. The van der Waals surface area contributed by atoms with E-state index < -0.39 is 54.8 Å². The minimum Gasteiger partial charge on any atom is -0.480 e. The van der Waals surface area contributed by atoms with Crippen molar-refractivity contribution < 1.29 is 41.4 Å². The number of unbranched alkanes of at least 4 members (excludes halogenated alkanes) is 2. The summed E-state index contributed by atoms with van der Waals surface area (Å²) in [6.45, 7) is 3.27. The predicted octanol–water partition coefficient (Wildman–Crippen LogP) is 5.76. The van der Waals surface area contributed by atoms with Crippen LogP contribution in [-0.4, -0.2) is 39.7 Å². The molecule has 27 heavy (non-hydrogen) atoms. The molecule has 4 nitrogen and oxygen atoms in total. The van der Waals surface area contributed by atoms with Crippen molar-refractivity contribution in [2.24, 2.45) is 5.41 Å². The Morgan fingerprint density at radius 2 is 1.56 bits per heavy atom. The highest BCUT2D eigenvalue weighted by Gasteiger charge is 2.57. The summed E-state index contributed by atoms with van der Waals surface area (Å²) >= 11 is 2.14. The first-order valence-corrected chi connectivity index (χ1v) is 10.3. The van der Waals surface area contributed by atoms with Gasteiger partial charge in [-0.2, -0.15) is 22.0 Å². The van der Waals surface area contributed by atoms with Crippen LogP contribution >= 0.6 is 22.6 Å². The largest absolute Gasteiger partial charge is 0.480 e. The second-order valence-electron chi connectivity index (χ2n) is 6.57. The van der Waals surface area contributed by atoms with E-state index in [0.717, 1.165) is 10.8 Å². The molecule has 0 saturated heterocycles. The van der Waals surface area contributed by atoms with Crippen LogP contribution in [0.3, 0.4) is 0 Å². The number of esters is 1. The summed E-state index contributed by atoms with van der Waals surface area (Å²) in [5, 5.41) is 9.61. The van der Waals surface area contributed by atoms with Gasteiger partial charge in [0.2, 0.25) is 0 Å². The van der Waals surface area contributed by atoms with Gasteiger partial charge in [0.25, 0.3) is 0 Å². The zero-order chi connectivity index (χ0) is 21.3. The zero-order valence-corrected chi connectivity index (χ0v) is 17.5. The quantitative estimate of drug-likeness (QED) is 0.0845. The first-order chi connectivity index (χ1) is 12.3. The van der Waals surface area contributed by atoms with Gasteiger partial charge in [0.1, 0.15) is 0 Å². The van der Waals surface area contributed by atoms with Crippen LogP contribution in [-0.2, 0) is 14.3 Å². The number of ether oxygens (including phenoxy) is 1. The van der Waals surface area contributed by atoms with Crippen LogP contribution in [0.1, 0.15) is 65.2 Å². The van der Waals surface area contributed by atoms with E-state index in [1.807, 2.05) is 0 Å². The summed E-state index contributed by atoms with van der Waals surface area (Å²) in [5.74, 6) is -7.56. The molecule has 0 heterocycles. The Balaban J connectivity index is 5.34. The number of carboxylic acids is 1.